The van der Waals surface area contributed by atoms with Crippen molar-refractivity contribution in [3.05, 3.63) is 45.2 Å². The Labute approximate surface area is 153 Å². The first kappa shape index (κ1) is 17.9. The second-order valence-electron chi connectivity index (χ2n) is 6.67. The highest BCUT2D eigenvalue weighted by molar-refractivity contribution is 7.80. The highest BCUT2D eigenvalue weighted by atomic mass is 32.1. The molecule has 1 atom stereocenters. The smallest absolute Gasteiger partial charge is 0.251 e. The van der Waals surface area contributed by atoms with E-state index in [1.54, 1.807) is 0 Å². The van der Waals surface area contributed by atoms with Gasteiger partial charge in [-0.15, -0.1) is 0 Å². The molecule has 25 heavy (non-hydrogen) atoms. The number of aromatic amines is 1. The summed E-state index contributed by atoms with van der Waals surface area (Å²) in [5.74, 6) is 0. The van der Waals surface area contributed by atoms with Gasteiger partial charge in [0.25, 0.3) is 5.56 Å². The molecular weight excluding hydrogens is 334 g/mol. The van der Waals surface area contributed by atoms with Gasteiger partial charge in [0.2, 0.25) is 0 Å². The van der Waals surface area contributed by atoms with Crippen LogP contribution in [0.2, 0.25) is 0 Å². The van der Waals surface area contributed by atoms with Crippen LogP contribution in [-0.2, 0) is 11.2 Å². The van der Waals surface area contributed by atoms with Crippen LogP contribution < -0.4 is 16.2 Å². The topological polar surface area (TPSA) is 66.2 Å². The fraction of sp³-hybridized carbons (Fsp3) is 0.474. The third kappa shape index (κ3) is 4.58. The molecule has 1 aliphatic rings. The van der Waals surface area contributed by atoms with E-state index < -0.39 is 0 Å². The number of nitrogens with one attached hydrogen (secondary N) is 3. The molecule has 5 nitrogen and oxygen atoms in total. The Morgan fingerprint density at radius 1 is 1.28 bits per heavy atom. The van der Waals surface area contributed by atoms with E-state index in [1.165, 1.54) is 11.1 Å². The minimum absolute atomic E-state index is 0.0317. The van der Waals surface area contributed by atoms with Crippen LogP contribution in [0.4, 0.5) is 0 Å². The Kier molecular flexibility index (Phi) is 5.71. The molecule has 3 rings (SSSR count). The maximum absolute atomic E-state index is 12.3. The van der Waals surface area contributed by atoms with Crippen LogP contribution in [0.25, 0.3) is 10.9 Å². The maximum Gasteiger partial charge on any atom is 0.251 e. The lowest BCUT2D eigenvalue weighted by molar-refractivity contribution is 0.114. The van der Waals surface area contributed by atoms with Gasteiger partial charge in [0.15, 0.2) is 5.11 Å². The summed E-state index contributed by atoms with van der Waals surface area (Å²) >= 11 is 5.28. The molecule has 0 saturated carbocycles. The third-order valence-electron chi connectivity index (χ3n) is 4.73. The van der Waals surface area contributed by atoms with E-state index in [9.17, 15) is 4.79 Å². The van der Waals surface area contributed by atoms with Crippen LogP contribution in [0.3, 0.4) is 0 Å². The number of hydrogen-bond acceptors (Lipinski definition) is 3. The second-order valence-corrected chi connectivity index (χ2v) is 7.08. The number of hydrogen-bond donors (Lipinski definition) is 3. The molecule has 1 fully saturated rings. The minimum Gasteiger partial charge on any atom is -0.376 e. The highest BCUT2D eigenvalue weighted by Gasteiger charge is 2.15. The largest absolute Gasteiger partial charge is 0.376 e. The first-order chi connectivity index (χ1) is 12.0. The van der Waals surface area contributed by atoms with E-state index in [1.807, 2.05) is 12.1 Å². The Morgan fingerprint density at radius 2 is 2.08 bits per heavy atom. The van der Waals surface area contributed by atoms with Crippen LogP contribution >= 0.6 is 12.2 Å². The van der Waals surface area contributed by atoms with Crippen molar-refractivity contribution in [1.82, 2.24) is 15.6 Å². The number of thiocarbonyl (C=S) groups is 1. The SMILES string of the molecule is Cc1cc2cc(CCNC(=S)NC[C@@H]3CCCO3)c(=O)[nH]c2cc1C. The van der Waals surface area contributed by atoms with Gasteiger partial charge < -0.3 is 20.4 Å². The summed E-state index contributed by atoms with van der Waals surface area (Å²) in [6.45, 7) is 6.34. The Balaban J connectivity index is 1.55. The normalized spacial score (nSPS) is 17.0. The average molecular weight is 359 g/mol. The number of aryl methyl sites for hydroxylation is 2. The molecule has 0 radical (unpaired) electrons. The number of rotatable bonds is 5. The molecule has 2 heterocycles. The van der Waals surface area contributed by atoms with E-state index in [0.717, 1.165) is 42.5 Å². The molecule has 1 aromatic carbocycles. The standard InChI is InChI=1S/C19H25N3O2S/c1-12-8-15-10-14(18(23)22-17(15)9-13(12)2)5-6-20-19(25)21-11-16-4-3-7-24-16/h8-10,16H,3-7,11H2,1-2H3,(H,22,23)(H2,20,21,25)/t16-/m0/s1. The maximum atomic E-state index is 12.3. The summed E-state index contributed by atoms with van der Waals surface area (Å²) in [6.07, 6.45) is 3.09. The fourth-order valence-electron chi connectivity index (χ4n) is 3.09. The Bertz CT molecular complexity index is 825. The number of fused-ring (bicyclic) bond motifs is 1. The summed E-state index contributed by atoms with van der Waals surface area (Å²) in [7, 11) is 0. The van der Waals surface area contributed by atoms with Gasteiger partial charge in [-0.3, -0.25) is 4.79 Å². The van der Waals surface area contributed by atoms with Gasteiger partial charge in [-0.05, 0) is 80.0 Å². The summed E-state index contributed by atoms with van der Waals surface area (Å²) in [5, 5.41) is 8.02. The van der Waals surface area contributed by atoms with Crippen molar-refractivity contribution in [1.29, 1.82) is 0 Å². The van der Waals surface area contributed by atoms with Crippen molar-refractivity contribution in [2.75, 3.05) is 19.7 Å². The summed E-state index contributed by atoms with van der Waals surface area (Å²) in [5.41, 5.74) is 4.03. The number of pyridine rings is 1. The van der Waals surface area contributed by atoms with E-state index in [-0.39, 0.29) is 11.7 Å². The average Bonchev–Trinajstić information content (AvgIpc) is 3.09. The molecule has 1 aromatic heterocycles. The van der Waals surface area contributed by atoms with Crippen LogP contribution in [0.15, 0.2) is 23.0 Å². The highest BCUT2D eigenvalue weighted by Crippen LogP contribution is 2.17. The number of aromatic nitrogens is 1. The van der Waals surface area contributed by atoms with Gasteiger partial charge >= 0.3 is 0 Å². The zero-order chi connectivity index (χ0) is 17.8. The molecule has 0 aliphatic carbocycles. The lowest BCUT2D eigenvalue weighted by Gasteiger charge is -2.14. The molecule has 0 unspecified atom stereocenters. The minimum atomic E-state index is -0.0317. The van der Waals surface area contributed by atoms with Gasteiger partial charge in [-0.1, -0.05) is 0 Å². The fourth-order valence-corrected chi connectivity index (χ4v) is 3.28. The van der Waals surface area contributed by atoms with Crippen molar-refractivity contribution in [3.63, 3.8) is 0 Å². The van der Waals surface area contributed by atoms with Crippen LogP contribution in [-0.4, -0.2) is 35.9 Å². The quantitative estimate of drug-likeness (QED) is 0.715. The molecule has 0 bridgehead atoms. The third-order valence-corrected chi connectivity index (χ3v) is 5.02. The van der Waals surface area contributed by atoms with E-state index >= 15 is 0 Å². The van der Waals surface area contributed by atoms with Gasteiger partial charge in [-0.25, -0.2) is 0 Å². The van der Waals surface area contributed by atoms with Gasteiger partial charge in [0.1, 0.15) is 0 Å². The van der Waals surface area contributed by atoms with Gasteiger partial charge in [-0.2, -0.15) is 0 Å². The van der Waals surface area contributed by atoms with Crippen molar-refractivity contribution in [3.8, 4) is 0 Å². The molecule has 0 amide bonds. The molecule has 134 valence electrons. The molecule has 2 aromatic rings. The first-order valence-corrected chi connectivity index (χ1v) is 9.20. The Morgan fingerprint density at radius 3 is 2.84 bits per heavy atom. The lowest BCUT2D eigenvalue weighted by atomic mass is 10.0. The first-order valence-electron chi connectivity index (χ1n) is 8.79. The monoisotopic (exact) mass is 359 g/mol. The van der Waals surface area contributed by atoms with Crippen LogP contribution in [0, 0.1) is 13.8 Å². The van der Waals surface area contributed by atoms with E-state index in [0.29, 0.717) is 18.1 Å². The molecule has 0 spiro atoms. The molecular formula is C19H25N3O2S. The van der Waals surface area contributed by atoms with Crippen molar-refractivity contribution in [2.24, 2.45) is 0 Å². The summed E-state index contributed by atoms with van der Waals surface area (Å²) in [4.78, 5) is 15.2. The number of ether oxygens (including phenoxy) is 1. The number of H-pyrrole nitrogens is 1. The molecule has 1 saturated heterocycles. The summed E-state index contributed by atoms with van der Waals surface area (Å²) < 4.78 is 5.56. The van der Waals surface area contributed by atoms with Crippen molar-refractivity contribution in [2.45, 2.75) is 39.2 Å². The zero-order valence-corrected chi connectivity index (χ0v) is 15.6. The second kappa shape index (κ2) is 7.97. The lowest BCUT2D eigenvalue weighted by Crippen LogP contribution is -2.40. The van der Waals surface area contributed by atoms with E-state index in [2.05, 4.69) is 35.5 Å². The number of benzene rings is 1. The zero-order valence-electron chi connectivity index (χ0n) is 14.8. The van der Waals surface area contributed by atoms with E-state index in [4.69, 9.17) is 17.0 Å². The van der Waals surface area contributed by atoms with Gasteiger partial charge in [0, 0.05) is 30.8 Å². The van der Waals surface area contributed by atoms with Crippen LogP contribution in [0.5, 0.6) is 0 Å². The molecule has 6 heteroatoms. The van der Waals surface area contributed by atoms with Gasteiger partial charge in [0.05, 0.1) is 6.10 Å². The predicted octanol–water partition coefficient (Wildman–Crippen LogP) is 2.33. The molecule has 3 N–H and O–H groups in total. The van der Waals surface area contributed by atoms with Crippen molar-refractivity contribution >= 4 is 28.2 Å². The Hall–Kier alpha value is -1.92. The molecule has 1 aliphatic heterocycles. The van der Waals surface area contributed by atoms with Crippen LogP contribution in [0.1, 0.15) is 29.5 Å². The summed E-state index contributed by atoms with van der Waals surface area (Å²) in [6, 6.07) is 6.12. The van der Waals surface area contributed by atoms with Crippen molar-refractivity contribution < 1.29 is 4.74 Å². The predicted molar refractivity (Wildman–Crippen MR) is 105 cm³/mol.